The number of nitrogens with one attached hydrogen (secondary N) is 1. The van der Waals surface area contributed by atoms with Gasteiger partial charge in [-0.3, -0.25) is 0 Å². The van der Waals surface area contributed by atoms with E-state index in [9.17, 15) is 5.11 Å². The minimum absolute atomic E-state index is 0.187. The lowest BCUT2D eigenvalue weighted by molar-refractivity contribution is 0.00190. The average Bonchev–Trinajstić information content (AvgIpc) is 2.93. The summed E-state index contributed by atoms with van der Waals surface area (Å²) in [6.45, 7) is 4.17. The van der Waals surface area contributed by atoms with Crippen LogP contribution in [-0.4, -0.2) is 64.0 Å². The summed E-state index contributed by atoms with van der Waals surface area (Å²) in [5.41, 5.74) is 0.325. The Kier molecular flexibility index (Phi) is 4.07. The number of rotatable bonds is 2. The van der Waals surface area contributed by atoms with Crippen LogP contribution >= 0.6 is 11.6 Å². The molecule has 2 saturated heterocycles. The first kappa shape index (κ1) is 16.0. The SMILES string of the molecule is Cn1c(C2(O)CCCNC2)nc2c(N3CCOCC3)nc(Cl)nc21. The quantitative estimate of drug-likeness (QED) is 0.757. The van der Waals surface area contributed by atoms with Crippen molar-refractivity contribution in [3.8, 4) is 0 Å². The summed E-state index contributed by atoms with van der Waals surface area (Å²) in [7, 11) is 1.86. The van der Waals surface area contributed by atoms with E-state index in [1.807, 2.05) is 11.6 Å². The fraction of sp³-hybridized carbons (Fsp3) is 0.667. The molecule has 2 aliphatic heterocycles. The van der Waals surface area contributed by atoms with Crippen molar-refractivity contribution in [2.24, 2.45) is 7.05 Å². The predicted molar refractivity (Wildman–Crippen MR) is 90.3 cm³/mol. The molecule has 2 fully saturated rings. The molecule has 0 saturated carbocycles. The third-order valence-electron chi connectivity index (χ3n) is 4.76. The van der Waals surface area contributed by atoms with Crippen LogP contribution < -0.4 is 10.2 Å². The van der Waals surface area contributed by atoms with Crippen LogP contribution in [0.3, 0.4) is 0 Å². The first-order chi connectivity index (χ1) is 11.6. The lowest BCUT2D eigenvalue weighted by Crippen LogP contribution is -2.44. The summed E-state index contributed by atoms with van der Waals surface area (Å²) in [5.74, 6) is 1.32. The number of aromatic nitrogens is 4. The number of anilines is 1. The second-order valence-electron chi connectivity index (χ2n) is 6.39. The Balaban J connectivity index is 1.84. The molecule has 0 radical (unpaired) electrons. The number of ether oxygens (including phenoxy) is 1. The van der Waals surface area contributed by atoms with Crippen molar-refractivity contribution in [2.75, 3.05) is 44.3 Å². The third-order valence-corrected chi connectivity index (χ3v) is 4.93. The van der Waals surface area contributed by atoms with E-state index in [0.717, 1.165) is 26.1 Å². The average molecular weight is 353 g/mol. The highest BCUT2D eigenvalue weighted by molar-refractivity contribution is 6.28. The maximum Gasteiger partial charge on any atom is 0.226 e. The number of fused-ring (bicyclic) bond motifs is 1. The van der Waals surface area contributed by atoms with Gasteiger partial charge in [0.05, 0.1) is 13.2 Å². The molecule has 2 aromatic rings. The number of hydrogen-bond donors (Lipinski definition) is 2. The zero-order valence-electron chi connectivity index (χ0n) is 13.6. The Hall–Kier alpha value is -1.48. The zero-order valence-corrected chi connectivity index (χ0v) is 14.4. The normalized spacial score (nSPS) is 25.4. The highest BCUT2D eigenvalue weighted by atomic mass is 35.5. The van der Waals surface area contributed by atoms with Gasteiger partial charge < -0.3 is 24.6 Å². The highest BCUT2D eigenvalue weighted by Crippen LogP contribution is 2.32. The van der Waals surface area contributed by atoms with Gasteiger partial charge >= 0.3 is 0 Å². The topological polar surface area (TPSA) is 88.3 Å². The first-order valence-corrected chi connectivity index (χ1v) is 8.62. The van der Waals surface area contributed by atoms with E-state index < -0.39 is 5.60 Å². The second-order valence-corrected chi connectivity index (χ2v) is 6.73. The summed E-state index contributed by atoms with van der Waals surface area (Å²) in [5, 5.41) is 14.5. The number of imidazole rings is 1. The molecule has 2 aliphatic rings. The maximum atomic E-state index is 11.0. The van der Waals surface area contributed by atoms with Crippen molar-refractivity contribution in [1.82, 2.24) is 24.8 Å². The number of nitrogens with zero attached hydrogens (tertiary/aromatic N) is 5. The number of β-amino-alcohol motifs (C(OH)–C–C–N with tert-alkyl or cyclic N) is 1. The molecule has 0 spiro atoms. The van der Waals surface area contributed by atoms with Gasteiger partial charge in [0.2, 0.25) is 5.28 Å². The fourth-order valence-electron chi connectivity index (χ4n) is 3.51. The van der Waals surface area contributed by atoms with Gasteiger partial charge in [-0.2, -0.15) is 9.97 Å². The lowest BCUT2D eigenvalue weighted by atomic mass is 9.93. The van der Waals surface area contributed by atoms with Crippen LogP contribution in [0.2, 0.25) is 5.28 Å². The van der Waals surface area contributed by atoms with Crippen molar-refractivity contribution in [3.05, 3.63) is 11.1 Å². The van der Waals surface area contributed by atoms with Crippen LogP contribution in [0.4, 0.5) is 5.82 Å². The van der Waals surface area contributed by atoms with E-state index in [1.54, 1.807) is 0 Å². The first-order valence-electron chi connectivity index (χ1n) is 8.25. The molecule has 9 heteroatoms. The van der Waals surface area contributed by atoms with Gasteiger partial charge in [0.1, 0.15) is 11.4 Å². The minimum atomic E-state index is -0.998. The van der Waals surface area contributed by atoms with Crippen LogP contribution in [0.1, 0.15) is 18.7 Å². The van der Waals surface area contributed by atoms with Gasteiger partial charge in [0.25, 0.3) is 0 Å². The number of piperidine rings is 1. The second kappa shape index (κ2) is 6.11. The van der Waals surface area contributed by atoms with Crippen molar-refractivity contribution in [2.45, 2.75) is 18.4 Å². The largest absolute Gasteiger partial charge is 0.381 e. The predicted octanol–water partition coefficient (Wildman–Crippen LogP) is 0.424. The van der Waals surface area contributed by atoms with Crippen molar-refractivity contribution in [1.29, 1.82) is 0 Å². The number of morpholine rings is 1. The number of aliphatic hydroxyl groups is 1. The molecule has 24 heavy (non-hydrogen) atoms. The van der Waals surface area contributed by atoms with Gasteiger partial charge in [0.15, 0.2) is 17.0 Å². The van der Waals surface area contributed by atoms with Gasteiger partial charge in [-0.05, 0) is 31.0 Å². The molecule has 130 valence electrons. The smallest absolute Gasteiger partial charge is 0.226 e. The molecule has 0 amide bonds. The molecule has 1 atom stereocenters. The lowest BCUT2D eigenvalue weighted by Gasteiger charge is -2.31. The van der Waals surface area contributed by atoms with Crippen molar-refractivity contribution in [3.63, 3.8) is 0 Å². The summed E-state index contributed by atoms with van der Waals surface area (Å²) in [4.78, 5) is 15.6. The molecular weight excluding hydrogens is 332 g/mol. The molecule has 1 unspecified atom stereocenters. The molecular formula is C15H21ClN6O2. The van der Waals surface area contributed by atoms with Crippen molar-refractivity contribution < 1.29 is 9.84 Å². The Morgan fingerprint density at radius 3 is 2.75 bits per heavy atom. The molecule has 0 aliphatic carbocycles. The number of halogens is 1. The standard InChI is InChI=1S/C15H21ClN6O2/c1-21-11-10(18-13(21)15(23)3-2-4-17-9-15)12(20-14(16)19-11)22-5-7-24-8-6-22/h17,23H,2-9H2,1H3. The molecule has 2 aromatic heterocycles. The maximum absolute atomic E-state index is 11.0. The van der Waals surface area contributed by atoms with Crippen LogP contribution in [-0.2, 0) is 17.4 Å². The number of hydrogen-bond acceptors (Lipinski definition) is 7. The molecule has 2 N–H and O–H groups in total. The summed E-state index contributed by atoms with van der Waals surface area (Å²) < 4.78 is 7.24. The molecule has 4 heterocycles. The van der Waals surface area contributed by atoms with Crippen LogP contribution in [0, 0.1) is 0 Å². The fourth-order valence-corrected chi connectivity index (χ4v) is 3.67. The van der Waals surface area contributed by atoms with Gasteiger partial charge in [-0.15, -0.1) is 0 Å². The van der Waals surface area contributed by atoms with Crippen LogP contribution in [0.25, 0.3) is 11.2 Å². The summed E-state index contributed by atoms with van der Waals surface area (Å²) >= 11 is 6.15. The molecule has 0 bridgehead atoms. The van der Waals surface area contributed by atoms with E-state index in [2.05, 4.69) is 20.2 Å². The van der Waals surface area contributed by atoms with Gasteiger partial charge in [0, 0.05) is 26.7 Å². The zero-order chi connectivity index (χ0) is 16.7. The van der Waals surface area contributed by atoms with E-state index in [1.165, 1.54) is 0 Å². The monoisotopic (exact) mass is 352 g/mol. The summed E-state index contributed by atoms with van der Waals surface area (Å²) in [6.07, 6.45) is 1.58. The third kappa shape index (κ3) is 2.63. The Morgan fingerprint density at radius 2 is 2.04 bits per heavy atom. The molecule has 8 nitrogen and oxygen atoms in total. The Labute approximate surface area is 144 Å². The van der Waals surface area contributed by atoms with Crippen molar-refractivity contribution >= 4 is 28.6 Å². The van der Waals surface area contributed by atoms with Gasteiger partial charge in [-0.25, -0.2) is 4.98 Å². The van der Waals surface area contributed by atoms with Crippen LogP contribution in [0.15, 0.2) is 0 Å². The molecule has 4 rings (SSSR count). The van der Waals surface area contributed by atoms with E-state index in [0.29, 0.717) is 49.0 Å². The molecule has 0 aromatic carbocycles. The Morgan fingerprint density at radius 1 is 1.25 bits per heavy atom. The Bertz CT molecular complexity index is 752. The van der Waals surface area contributed by atoms with E-state index in [-0.39, 0.29) is 5.28 Å². The van der Waals surface area contributed by atoms with Crippen LogP contribution in [0.5, 0.6) is 0 Å². The van der Waals surface area contributed by atoms with Gasteiger partial charge in [-0.1, -0.05) is 0 Å². The highest BCUT2D eigenvalue weighted by Gasteiger charge is 2.37. The summed E-state index contributed by atoms with van der Waals surface area (Å²) in [6, 6.07) is 0. The number of aryl methyl sites for hydroxylation is 1. The minimum Gasteiger partial charge on any atom is -0.381 e. The van der Waals surface area contributed by atoms with E-state index in [4.69, 9.17) is 21.3 Å². The van der Waals surface area contributed by atoms with E-state index >= 15 is 0 Å².